The zero-order valence-electron chi connectivity index (χ0n) is 23.2. The van der Waals surface area contributed by atoms with Gasteiger partial charge in [0.15, 0.2) is 8.32 Å². The molecule has 1 N–H and O–H groups in total. The van der Waals surface area contributed by atoms with E-state index in [1.54, 1.807) is 36.7 Å². The van der Waals surface area contributed by atoms with E-state index in [1.165, 1.54) is 12.4 Å². The number of halogens is 1. The summed E-state index contributed by atoms with van der Waals surface area (Å²) in [7, 11) is -1.93. The van der Waals surface area contributed by atoms with E-state index in [0.29, 0.717) is 28.6 Å². The van der Waals surface area contributed by atoms with Crippen LogP contribution in [-0.2, 0) is 15.6 Å². The van der Waals surface area contributed by atoms with Crippen LogP contribution in [0.25, 0.3) is 10.9 Å². The van der Waals surface area contributed by atoms with Crippen LogP contribution in [0, 0.1) is 0 Å². The van der Waals surface area contributed by atoms with Gasteiger partial charge in [-0.3, -0.25) is 24.5 Å². The highest BCUT2D eigenvalue weighted by Crippen LogP contribution is 2.37. The first-order chi connectivity index (χ1) is 18.4. The van der Waals surface area contributed by atoms with Crippen molar-refractivity contribution in [2.45, 2.75) is 58.3 Å². The van der Waals surface area contributed by atoms with Crippen LogP contribution in [0.2, 0.25) is 23.2 Å². The van der Waals surface area contributed by atoms with Crippen LogP contribution in [0.1, 0.15) is 55.5 Å². The number of pyridine rings is 3. The predicted octanol–water partition coefficient (Wildman–Crippen LogP) is 6.47. The topological polar surface area (TPSA) is 99.0 Å². The average molecular weight is 564 g/mol. The first kappa shape index (κ1) is 28.6. The van der Waals surface area contributed by atoms with Crippen LogP contribution in [-0.4, -0.2) is 46.1 Å². The quantitative estimate of drug-likeness (QED) is 0.185. The van der Waals surface area contributed by atoms with Crippen molar-refractivity contribution in [3.8, 4) is 0 Å². The van der Waals surface area contributed by atoms with Crippen LogP contribution < -0.4 is 5.32 Å². The summed E-state index contributed by atoms with van der Waals surface area (Å²) < 4.78 is 8.54. The monoisotopic (exact) mass is 563 g/mol. The Bertz CT molecular complexity index is 1500. The zero-order valence-corrected chi connectivity index (χ0v) is 24.9. The molecule has 0 spiro atoms. The maximum atomic E-state index is 13.6. The molecule has 10 heteroatoms. The van der Waals surface area contributed by atoms with Gasteiger partial charge in [-0.15, -0.1) is 0 Å². The summed E-state index contributed by atoms with van der Waals surface area (Å²) in [6.45, 7) is 13.7. The Kier molecular flexibility index (Phi) is 8.34. The lowest BCUT2D eigenvalue weighted by Crippen LogP contribution is -2.41. The largest absolute Gasteiger partial charge is 0.415 e. The molecule has 1 amide bonds. The smallest absolute Gasteiger partial charge is 0.230 e. The van der Waals surface area contributed by atoms with Gasteiger partial charge in [-0.2, -0.15) is 0 Å². The van der Waals surface area contributed by atoms with Gasteiger partial charge in [0, 0.05) is 47.8 Å². The molecule has 0 saturated heterocycles. The van der Waals surface area contributed by atoms with Crippen molar-refractivity contribution in [2.75, 3.05) is 11.9 Å². The molecule has 4 aromatic heterocycles. The van der Waals surface area contributed by atoms with E-state index < -0.39 is 8.32 Å². The molecule has 0 aliphatic heterocycles. The minimum absolute atomic E-state index is 0.00522. The third kappa shape index (κ3) is 6.61. The average Bonchev–Trinajstić information content (AvgIpc) is 3.27. The molecule has 0 saturated carbocycles. The van der Waals surface area contributed by atoms with E-state index >= 15 is 0 Å². The molecule has 8 nitrogen and oxygen atoms in total. The van der Waals surface area contributed by atoms with Gasteiger partial charge >= 0.3 is 0 Å². The van der Waals surface area contributed by atoms with E-state index in [9.17, 15) is 9.59 Å². The Hall–Kier alpha value is -3.40. The van der Waals surface area contributed by atoms with Crippen LogP contribution in [0.5, 0.6) is 0 Å². The van der Waals surface area contributed by atoms with Crippen molar-refractivity contribution in [3.63, 3.8) is 0 Å². The van der Waals surface area contributed by atoms with Crippen molar-refractivity contribution >= 4 is 48.2 Å². The number of nitrogens with one attached hydrogen (secondary N) is 1. The van der Waals surface area contributed by atoms with Crippen LogP contribution >= 0.6 is 11.6 Å². The molecule has 39 heavy (non-hydrogen) atoms. The first-order valence-corrected chi connectivity index (χ1v) is 16.1. The number of carbonyl (C=O) groups is 2. The summed E-state index contributed by atoms with van der Waals surface area (Å²) in [4.78, 5) is 38.9. The second-order valence-electron chi connectivity index (χ2n) is 11.2. The molecule has 1 atom stereocenters. The summed E-state index contributed by atoms with van der Waals surface area (Å²) in [6.07, 6.45) is 8.36. The van der Waals surface area contributed by atoms with Crippen molar-refractivity contribution in [2.24, 2.45) is 0 Å². The zero-order chi connectivity index (χ0) is 28.4. The molecule has 0 bridgehead atoms. The molecule has 4 aromatic rings. The highest BCUT2D eigenvalue weighted by molar-refractivity contribution is 6.74. The maximum Gasteiger partial charge on any atom is 0.230 e. The number of ketones is 1. The van der Waals surface area contributed by atoms with Crippen molar-refractivity contribution in [1.29, 1.82) is 0 Å². The van der Waals surface area contributed by atoms with Crippen LogP contribution in [0.4, 0.5) is 5.69 Å². The fourth-order valence-corrected chi connectivity index (χ4v) is 5.12. The fraction of sp³-hybridized carbons (Fsp3) is 0.345. The van der Waals surface area contributed by atoms with Gasteiger partial charge in [0.1, 0.15) is 5.69 Å². The van der Waals surface area contributed by atoms with Crippen molar-refractivity contribution < 1.29 is 14.0 Å². The molecule has 0 radical (unpaired) electrons. The van der Waals surface area contributed by atoms with Crippen molar-refractivity contribution in [1.82, 2.24) is 19.5 Å². The second kappa shape index (κ2) is 11.4. The Labute approximate surface area is 234 Å². The molecule has 0 aliphatic rings. The maximum absolute atomic E-state index is 13.6. The molecule has 204 valence electrons. The third-order valence-corrected chi connectivity index (χ3v) is 12.0. The van der Waals surface area contributed by atoms with E-state index in [-0.39, 0.29) is 34.9 Å². The first-order valence-electron chi connectivity index (χ1n) is 12.9. The van der Waals surface area contributed by atoms with E-state index in [0.717, 1.165) is 10.9 Å². The minimum atomic E-state index is -1.93. The number of hydrogen-bond donors (Lipinski definition) is 1. The van der Waals surface area contributed by atoms with Gasteiger partial charge in [0.05, 0.1) is 35.2 Å². The SMILES string of the molecule is CC(CO[Si](C)(C)C(C)(C)C)n1cc(C(=O)c2cc(NC(=O)Cc3ccc(Cl)cn3)ccn2)c2cnccc21. The van der Waals surface area contributed by atoms with E-state index in [2.05, 4.69) is 65.6 Å². The molecule has 0 aliphatic carbocycles. The number of amides is 1. The number of hydrogen-bond acceptors (Lipinski definition) is 6. The lowest BCUT2D eigenvalue weighted by Gasteiger charge is -2.37. The van der Waals surface area contributed by atoms with Gasteiger partial charge in [-0.1, -0.05) is 32.4 Å². The van der Waals surface area contributed by atoms with Gasteiger partial charge in [0.25, 0.3) is 0 Å². The third-order valence-electron chi connectivity index (χ3n) is 7.25. The van der Waals surface area contributed by atoms with E-state index in [4.69, 9.17) is 16.0 Å². The Morgan fingerprint density at radius 3 is 2.56 bits per heavy atom. The molecular weight excluding hydrogens is 530 g/mol. The predicted molar refractivity (Wildman–Crippen MR) is 157 cm³/mol. The highest BCUT2D eigenvalue weighted by Gasteiger charge is 2.37. The summed E-state index contributed by atoms with van der Waals surface area (Å²) >= 11 is 5.87. The number of aromatic nitrogens is 4. The van der Waals surface area contributed by atoms with Gasteiger partial charge in [-0.25, -0.2) is 0 Å². The van der Waals surface area contributed by atoms with Gasteiger partial charge in [0.2, 0.25) is 11.7 Å². The van der Waals surface area contributed by atoms with E-state index in [1.807, 2.05) is 12.3 Å². The summed E-state index contributed by atoms with van der Waals surface area (Å²) in [6, 6.07) is 8.53. The molecule has 4 heterocycles. The molecule has 0 aromatic carbocycles. The Morgan fingerprint density at radius 2 is 1.87 bits per heavy atom. The number of carbonyl (C=O) groups excluding carboxylic acids is 2. The standard InChI is InChI=1S/C29H34ClN5O3Si/c1-19(18-38-39(5,6)29(2,3)4)35-17-24(23-16-31-11-10-26(23)35)28(37)25-13-22(9-12-32-25)34-27(36)14-21-8-7-20(30)15-33-21/h7-13,15-17,19H,14,18H2,1-6H3,(H,32,34,36). The number of fused-ring (bicyclic) bond motifs is 1. The van der Waals surface area contributed by atoms with Crippen molar-refractivity contribution in [3.05, 3.63) is 83.3 Å². The van der Waals surface area contributed by atoms with Gasteiger partial charge < -0.3 is 14.3 Å². The van der Waals surface area contributed by atoms with Crippen LogP contribution in [0.15, 0.2) is 61.3 Å². The normalized spacial score (nSPS) is 12.9. The molecule has 1 unspecified atom stereocenters. The minimum Gasteiger partial charge on any atom is -0.415 e. The Morgan fingerprint density at radius 1 is 1.10 bits per heavy atom. The number of nitrogens with zero attached hydrogens (tertiary/aromatic N) is 4. The summed E-state index contributed by atoms with van der Waals surface area (Å²) in [5, 5.41) is 4.17. The summed E-state index contributed by atoms with van der Waals surface area (Å²) in [5.41, 5.74) is 2.70. The summed E-state index contributed by atoms with van der Waals surface area (Å²) in [5.74, 6) is -0.509. The Balaban J connectivity index is 1.55. The highest BCUT2D eigenvalue weighted by atomic mass is 35.5. The number of anilines is 1. The number of rotatable bonds is 9. The fourth-order valence-electron chi connectivity index (χ4n) is 3.92. The molecule has 0 fully saturated rings. The van der Waals surface area contributed by atoms with Crippen LogP contribution in [0.3, 0.4) is 0 Å². The molecule has 4 rings (SSSR count). The second-order valence-corrected chi connectivity index (χ2v) is 16.5. The molecular formula is C29H34ClN5O3Si. The van der Waals surface area contributed by atoms with Gasteiger partial charge in [-0.05, 0) is 55.4 Å². The lowest BCUT2D eigenvalue weighted by molar-refractivity contribution is -0.115. The lowest BCUT2D eigenvalue weighted by atomic mass is 10.1.